The molecule has 26 heavy (non-hydrogen) atoms. The van der Waals surface area contributed by atoms with Crippen LogP contribution in [0.5, 0.6) is 0 Å². The number of benzene rings is 2. The lowest BCUT2D eigenvalue weighted by Gasteiger charge is -2.32. The Morgan fingerprint density at radius 2 is 1.85 bits per heavy atom. The fraction of sp³-hybridized carbons (Fsp3) is 0.350. The van der Waals surface area contributed by atoms with Crippen molar-refractivity contribution in [2.24, 2.45) is 0 Å². The molecule has 1 aliphatic heterocycles. The predicted octanol–water partition coefficient (Wildman–Crippen LogP) is 4.43. The van der Waals surface area contributed by atoms with Gasteiger partial charge in [0.05, 0.1) is 19.1 Å². The third-order valence-electron chi connectivity index (χ3n) is 4.59. The van der Waals surface area contributed by atoms with E-state index in [2.05, 4.69) is 29.2 Å². The van der Waals surface area contributed by atoms with Crippen molar-refractivity contribution >= 4 is 29.2 Å². The summed E-state index contributed by atoms with van der Waals surface area (Å²) in [6, 6.07) is 13.8. The van der Waals surface area contributed by atoms with Gasteiger partial charge in [-0.2, -0.15) is 0 Å². The number of carbonyl (C=O) groups is 1. The van der Waals surface area contributed by atoms with Gasteiger partial charge in [-0.3, -0.25) is 9.69 Å². The molecule has 4 nitrogen and oxygen atoms in total. The fourth-order valence-electron chi connectivity index (χ4n) is 3.12. The molecule has 0 saturated carbocycles. The summed E-state index contributed by atoms with van der Waals surface area (Å²) >= 11 is 12.5. The number of carboxylic acid groups (broad SMARTS) is 1. The molecule has 0 aliphatic carbocycles. The first kappa shape index (κ1) is 19.2. The van der Waals surface area contributed by atoms with Gasteiger partial charge in [-0.1, -0.05) is 53.5 Å². The van der Waals surface area contributed by atoms with Gasteiger partial charge >= 0.3 is 5.97 Å². The zero-order chi connectivity index (χ0) is 18.5. The van der Waals surface area contributed by atoms with E-state index in [4.69, 9.17) is 33.0 Å². The van der Waals surface area contributed by atoms with Gasteiger partial charge in [0, 0.05) is 36.1 Å². The fourth-order valence-corrected chi connectivity index (χ4v) is 3.65. The first-order valence-electron chi connectivity index (χ1n) is 8.60. The third kappa shape index (κ3) is 4.98. The van der Waals surface area contributed by atoms with Gasteiger partial charge < -0.3 is 9.84 Å². The van der Waals surface area contributed by atoms with Crippen molar-refractivity contribution in [2.45, 2.75) is 18.9 Å². The van der Waals surface area contributed by atoms with Crippen LogP contribution in [0.2, 0.25) is 10.0 Å². The third-order valence-corrected chi connectivity index (χ3v) is 5.29. The minimum atomic E-state index is -0.768. The van der Waals surface area contributed by atoms with Crippen molar-refractivity contribution in [3.63, 3.8) is 0 Å². The molecule has 1 atom stereocenters. The molecule has 6 heteroatoms. The van der Waals surface area contributed by atoms with Crippen LogP contribution in [0, 0.1) is 0 Å². The lowest BCUT2D eigenvalue weighted by atomic mass is 10.0. The number of rotatable bonds is 6. The topological polar surface area (TPSA) is 49.8 Å². The zero-order valence-electron chi connectivity index (χ0n) is 14.3. The van der Waals surface area contributed by atoms with E-state index < -0.39 is 5.97 Å². The summed E-state index contributed by atoms with van der Waals surface area (Å²) < 4.78 is 5.87. The second-order valence-electron chi connectivity index (χ2n) is 6.42. The van der Waals surface area contributed by atoms with Gasteiger partial charge in [0.2, 0.25) is 0 Å². The number of morpholine rings is 1. The van der Waals surface area contributed by atoms with E-state index in [1.165, 1.54) is 0 Å². The summed E-state index contributed by atoms with van der Waals surface area (Å²) in [5.41, 5.74) is 3.15. The Kier molecular flexibility index (Phi) is 6.54. The van der Waals surface area contributed by atoms with E-state index in [0.717, 1.165) is 23.2 Å². The first-order valence-corrected chi connectivity index (χ1v) is 9.36. The number of hydrogen-bond donors (Lipinski definition) is 1. The molecule has 1 heterocycles. The Labute approximate surface area is 163 Å². The van der Waals surface area contributed by atoms with Crippen LogP contribution in [0.25, 0.3) is 0 Å². The maximum atomic E-state index is 10.8. The summed E-state index contributed by atoms with van der Waals surface area (Å²) in [4.78, 5) is 12.9. The van der Waals surface area contributed by atoms with Gasteiger partial charge in [-0.25, -0.2) is 0 Å². The minimum Gasteiger partial charge on any atom is -0.481 e. The second-order valence-corrected chi connectivity index (χ2v) is 7.24. The average molecular weight is 394 g/mol. The van der Waals surface area contributed by atoms with Crippen molar-refractivity contribution in [3.05, 3.63) is 69.2 Å². The lowest BCUT2D eigenvalue weighted by molar-refractivity contribution is -0.137. The zero-order valence-corrected chi connectivity index (χ0v) is 15.8. The van der Waals surface area contributed by atoms with Crippen molar-refractivity contribution in [1.82, 2.24) is 4.90 Å². The summed E-state index contributed by atoms with van der Waals surface area (Å²) in [5, 5.41) is 10.2. The normalized spacial score (nSPS) is 18.0. The first-order chi connectivity index (χ1) is 12.5. The Morgan fingerprint density at radius 1 is 1.15 bits per heavy atom. The van der Waals surface area contributed by atoms with Crippen molar-refractivity contribution in [1.29, 1.82) is 0 Å². The van der Waals surface area contributed by atoms with Crippen LogP contribution in [-0.2, 0) is 16.0 Å². The highest BCUT2D eigenvalue weighted by molar-refractivity contribution is 6.36. The SMILES string of the molecule is O=C(O)CCN1CCOC(c2ccc(Cc3c(Cl)cccc3Cl)cc2)C1. The molecule has 0 radical (unpaired) electrons. The second kappa shape index (κ2) is 8.87. The average Bonchev–Trinajstić information content (AvgIpc) is 2.64. The maximum Gasteiger partial charge on any atom is 0.304 e. The molecule has 1 aliphatic rings. The van der Waals surface area contributed by atoms with E-state index in [9.17, 15) is 4.79 Å². The molecule has 138 valence electrons. The molecule has 0 amide bonds. The highest BCUT2D eigenvalue weighted by Gasteiger charge is 2.22. The van der Waals surface area contributed by atoms with Crippen LogP contribution >= 0.6 is 23.2 Å². The number of nitrogens with zero attached hydrogens (tertiary/aromatic N) is 1. The highest BCUT2D eigenvalue weighted by atomic mass is 35.5. The van der Waals surface area contributed by atoms with E-state index in [-0.39, 0.29) is 12.5 Å². The van der Waals surface area contributed by atoms with E-state index in [1.807, 2.05) is 18.2 Å². The highest BCUT2D eigenvalue weighted by Crippen LogP contribution is 2.28. The largest absolute Gasteiger partial charge is 0.481 e. The summed E-state index contributed by atoms with van der Waals surface area (Å²) in [5.74, 6) is -0.768. The van der Waals surface area contributed by atoms with Crippen LogP contribution in [0.3, 0.4) is 0 Å². The predicted molar refractivity (Wildman–Crippen MR) is 103 cm³/mol. The molecular formula is C20H21Cl2NO3. The van der Waals surface area contributed by atoms with E-state index in [1.54, 1.807) is 0 Å². The number of aliphatic carboxylic acids is 1. The van der Waals surface area contributed by atoms with Crippen molar-refractivity contribution in [3.8, 4) is 0 Å². The van der Waals surface area contributed by atoms with E-state index >= 15 is 0 Å². The number of ether oxygens (including phenoxy) is 1. The van der Waals surface area contributed by atoms with Gasteiger partial charge in [0.1, 0.15) is 0 Å². The maximum absolute atomic E-state index is 10.8. The molecular weight excluding hydrogens is 373 g/mol. The van der Waals surface area contributed by atoms with Crippen molar-refractivity contribution in [2.75, 3.05) is 26.2 Å². The molecule has 1 N–H and O–H groups in total. The Morgan fingerprint density at radius 3 is 2.50 bits per heavy atom. The van der Waals surface area contributed by atoms with Crippen molar-refractivity contribution < 1.29 is 14.6 Å². The molecule has 3 rings (SSSR count). The minimum absolute atomic E-state index is 0.0319. The monoisotopic (exact) mass is 393 g/mol. The van der Waals surface area contributed by atoms with Crippen LogP contribution in [0.1, 0.15) is 29.2 Å². The summed E-state index contributed by atoms with van der Waals surface area (Å²) in [7, 11) is 0. The lowest BCUT2D eigenvalue weighted by Crippen LogP contribution is -2.39. The molecule has 2 aromatic rings. The molecule has 0 aromatic heterocycles. The van der Waals surface area contributed by atoms with Gasteiger partial charge in [-0.05, 0) is 28.8 Å². The Bertz CT molecular complexity index is 744. The summed E-state index contributed by atoms with van der Waals surface area (Å²) in [6.07, 6.45) is 0.801. The number of hydrogen-bond acceptors (Lipinski definition) is 3. The van der Waals surface area contributed by atoms with E-state index in [0.29, 0.717) is 36.2 Å². The van der Waals surface area contributed by atoms with Gasteiger partial charge in [0.15, 0.2) is 0 Å². The quantitative estimate of drug-likeness (QED) is 0.788. The Balaban J connectivity index is 1.64. The Hall–Kier alpha value is -1.59. The number of halogens is 2. The molecule has 0 spiro atoms. The molecule has 1 unspecified atom stereocenters. The summed E-state index contributed by atoms with van der Waals surface area (Å²) in [6.45, 7) is 2.65. The molecule has 0 bridgehead atoms. The standard InChI is InChI=1S/C20H21Cl2NO3/c21-17-2-1-3-18(22)16(17)12-14-4-6-15(7-5-14)19-13-23(10-11-26-19)9-8-20(24)25/h1-7,19H,8-13H2,(H,24,25). The molecule has 1 saturated heterocycles. The molecule has 1 fully saturated rings. The van der Waals surface area contributed by atoms with Crippen LogP contribution in [-0.4, -0.2) is 42.2 Å². The smallest absolute Gasteiger partial charge is 0.304 e. The van der Waals surface area contributed by atoms with Gasteiger partial charge in [0.25, 0.3) is 0 Å². The molecule has 2 aromatic carbocycles. The van der Waals surface area contributed by atoms with Crippen LogP contribution < -0.4 is 0 Å². The number of carboxylic acids is 1. The van der Waals surface area contributed by atoms with Crippen LogP contribution in [0.15, 0.2) is 42.5 Å². The van der Waals surface area contributed by atoms with Crippen LogP contribution in [0.4, 0.5) is 0 Å². The van der Waals surface area contributed by atoms with Gasteiger partial charge in [-0.15, -0.1) is 0 Å².